The lowest BCUT2D eigenvalue weighted by atomic mass is 9.70. The quantitative estimate of drug-likeness (QED) is 0.417. The molecule has 0 aliphatic heterocycles. The molecule has 3 N–H and O–H groups in total. The van der Waals surface area contributed by atoms with Crippen molar-refractivity contribution in [2.45, 2.75) is 27.2 Å². The van der Waals surface area contributed by atoms with E-state index in [-0.39, 0.29) is 0 Å². The zero-order valence-electron chi connectivity index (χ0n) is 15.0. The van der Waals surface area contributed by atoms with Crippen LogP contribution in [0.5, 0.6) is 0 Å². The average molecular weight is 331 g/mol. The van der Waals surface area contributed by atoms with Crippen molar-refractivity contribution >= 4 is 41.2 Å². The van der Waals surface area contributed by atoms with Crippen LogP contribution in [0.3, 0.4) is 0 Å². The highest BCUT2D eigenvalue weighted by Crippen LogP contribution is 2.23. The van der Waals surface area contributed by atoms with Gasteiger partial charge in [-0.3, -0.25) is 4.79 Å². The molecule has 4 heteroatoms. The highest BCUT2D eigenvalue weighted by Gasteiger charge is 2.09. The molecule has 0 aliphatic carbocycles. The first-order chi connectivity index (χ1) is 12.2. The van der Waals surface area contributed by atoms with E-state index in [4.69, 9.17) is 5.73 Å². The van der Waals surface area contributed by atoms with Crippen LogP contribution in [0.4, 0.5) is 11.4 Å². The molecule has 3 rings (SSSR count). The molecule has 0 heterocycles. The van der Waals surface area contributed by atoms with E-state index < -0.39 is 0 Å². The number of rotatable bonds is 5. The second-order valence-electron chi connectivity index (χ2n) is 5.43. The van der Waals surface area contributed by atoms with Crippen molar-refractivity contribution in [3.05, 3.63) is 65.7 Å². The smallest absolute Gasteiger partial charge is 0.150 e. The van der Waals surface area contributed by atoms with Gasteiger partial charge in [-0.25, -0.2) is 0 Å². The monoisotopic (exact) mass is 331 g/mol. The number of nitrogens with one attached hydrogen (secondary N) is 1. The van der Waals surface area contributed by atoms with E-state index in [0.29, 0.717) is 17.8 Å². The minimum atomic E-state index is 0.611. The number of nitrogens with two attached hydrogens (primary N) is 1. The maximum atomic E-state index is 11.5. The van der Waals surface area contributed by atoms with E-state index in [0.717, 1.165) is 33.8 Å². The molecule has 0 saturated carbocycles. The van der Waals surface area contributed by atoms with Gasteiger partial charge in [0.15, 0.2) is 6.29 Å². The Balaban J connectivity index is 0.00000109. The third-order valence-corrected chi connectivity index (χ3v) is 4.06. The number of para-hydroxylation sites is 2. The van der Waals surface area contributed by atoms with E-state index in [2.05, 4.69) is 30.8 Å². The van der Waals surface area contributed by atoms with Crippen LogP contribution in [0.1, 0.15) is 29.8 Å². The molecule has 0 amide bonds. The molecule has 25 heavy (non-hydrogen) atoms. The molecule has 0 saturated heterocycles. The van der Waals surface area contributed by atoms with Crippen LogP contribution >= 0.6 is 0 Å². The predicted octanol–water partition coefficient (Wildman–Crippen LogP) is 4.25. The summed E-state index contributed by atoms with van der Waals surface area (Å²) in [6.45, 7) is 6.62. The van der Waals surface area contributed by atoms with Gasteiger partial charge in [-0.1, -0.05) is 68.6 Å². The number of anilines is 2. The second-order valence-corrected chi connectivity index (χ2v) is 5.43. The molecule has 3 aromatic rings. The third kappa shape index (κ3) is 4.02. The fourth-order valence-corrected chi connectivity index (χ4v) is 2.88. The Hall–Kier alpha value is -2.75. The highest BCUT2D eigenvalue weighted by molar-refractivity contribution is 6.56. The van der Waals surface area contributed by atoms with Crippen LogP contribution in [0.15, 0.2) is 54.6 Å². The van der Waals surface area contributed by atoms with Gasteiger partial charge in [0.25, 0.3) is 0 Å². The van der Waals surface area contributed by atoms with Crippen molar-refractivity contribution in [2.24, 2.45) is 0 Å². The molecule has 0 spiro atoms. The first-order valence-electron chi connectivity index (χ1n) is 8.62. The lowest BCUT2D eigenvalue weighted by Crippen LogP contribution is -2.14. The number of benzene rings is 3. The number of hydrogen-bond donors (Lipinski definition) is 2. The standard InChI is InChI=1S/C19H18BN2O.C2H6/c1-20-16-10-9-13(11-22-18-8-3-2-7-17(18)21)19-14(12-23)5-4-6-15(16)19;1-2/h2-10,12,22H,11,21H2,1H3;1-2H3. The molecule has 0 atom stereocenters. The minimum absolute atomic E-state index is 0.611. The molecule has 0 aromatic heterocycles. The van der Waals surface area contributed by atoms with Crippen molar-refractivity contribution in [3.63, 3.8) is 0 Å². The summed E-state index contributed by atoms with van der Waals surface area (Å²) in [5, 5.41) is 5.45. The molecular formula is C21H24BN2O. The molecule has 3 aromatic carbocycles. The van der Waals surface area contributed by atoms with Gasteiger partial charge in [0.2, 0.25) is 0 Å². The summed E-state index contributed by atoms with van der Waals surface area (Å²) in [6.07, 6.45) is 0.919. The Morgan fingerprint density at radius 1 is 1.04 bits per heavy atom. The topological polar surface area (TPSA) is 55.1 Å². The first kappa shape index (κ1) is 18.6. The van der Waals surface area contributed by atoms with Crippen LogP contribution in [0.25, 0.3) is 10.8 Å². The number of hydrogen-bond acceptors (Lipinski definition) is 3. The highest BCUT2D eigenvalue weighted by atomic mass is 16.1. The number of nitrogen functional groups attached to an aromatic ring is 1. The maximum Gasteiger partial charge on any atom is 0.150 e. The fraction of sp³-hybridized carbons (Fsp3) is 0.190. The van der Waals surface area contributed by atoms with Crippen molar-refractivity contribution in [2.75, 3.05) is 11.1 Å². The predicted molar refractivity (Wildman–Crippen MR) is 110 cm³/mol. The zero-order chi connectivity index (χ0) is 18.2. The van der Waals surface area contributed by atoms with Crippen molar-refractivity contribution in [3.8, 4) is 0 Å². The summed E-state index contributed by atoms with van der Waals surface area (Å²) in [7, 11) is 2.06. The Morgan fingerprint density at radius 2 is 1.80 bits per heavy atom. The molecule has 0 bridgehead atoms. The van der Waals surface area contributed by atoms with E-state index in [1.165, 1.54) is 0 Å². The van der Waals surface area contributed by atoms with Gasteiger partial charge in [0.1, 0.15) is 7.28 Å². The largest absolute Gasteiger partial charge is 0.397 e. The van der Waals surface area contributed by atoms with Crippen LogP contribution < -0.4 is 16.5 Å². The van der Waals surface area contributed by atoms with Gasteiger partial charge >= 0.3 is 0 Å². The van der Waals surface area contributed by atoms with E-state index in [1.807, 2.05) is 57.1 Å². The molecular weight excluding hydrogens is 307 g/mol. The summed E-state index contributed by atoms with van der Waals surface area (Å²) in [4.78, 5) is 11.5. The molecule has 3 nitrogen and oxygen atoms in total. The number of carbonyl (C=O) groups is 1. The Bertz CT molecular complexity index is 862. The number of fused-ring (bicyclic) bond motifs is 1. The Kier molecular flexibility index (Phi) is 6.64. The first-order valence-corrected chi connectivity index (χ1v) is 8.62. The molecule has 1 radical (unpaired) electrons. The van der Waals surface area contributed by atoms with Crippen molar-refractivity contribution in [1.29, 1.82) is 0 Å². The van der Waals surface area contributed by atoms with Crippen molar-refractivity contribution < 1.29 is 4.79 Å². The van der Waals surface area contributed by atoms with Gasteiger partial charge in [-0.05, 0) is 28.5 Å². The van der Waals surface area contributed by atoms with Gasteiger partial charge in [-0.15, -0.1) is 0 Å². The SMILES string of the molecule is CC.C[B]c1ccc(CNc2ccccc2N)c2c(C=O)cccc12. The summed E-state index contributed by atoms with van der Waals surface area (Å²) in [5.41, 5.74) is 10.5. The van der Waals surface area contributed by atoms with Gasteiger partial charge in [0.05, 0.1) is 11.4 Å². The van der Waals surface area contributed by atoms with E-state index in [9.17, 15) is 4.79 Å². The van der Waals surface area contributed by atoms with Crippen LogP contribution in [0, 0.1) is 0 Å². The maximum absolute atomic E-state index is 11.5. The van der Waals surface area contributed by atoms with Gasteiger partial charge in [0, 0.05) is 12.1 Å². The molecule has 0 unspecified atom stereocenters. The van der Waals surface area contributed by atoms with Crippen LogP contribution in [-0.4, -0.2) is 13.6 Å². The summed E-state index contributed by atoms with van der Waals surface area (Å²) in [6, 6.07) is 17.7. The van der Waals surface area contributed by atoms with Crippen molar-refractivity contribution in [1.82, 2.24) is 0 Å². The normalized spacial score (nSPS) is 9.88. The Morgan fingerprint density at radius 3 is 2.48 bits per heavy atom. The summed E-state index contributed by atoms with van der Waals surface area (Å²) >= 11 is 0. The van der Waals surface area contributed by atoms with E-state index in [1.54, 1.807) is 0 Å². The lowest BCUT2D eigenvalue weighted by Gasteiger charge is -2.14. The Labute approximate surface area is 150 Å². The van der Waals surface area contributed by atoms with Gasteiger partial charge < -0.3 is 11.1 Å². The molecule has 0 aliphatic rings. The number of aldehydes is 1. The summed E-state index contributed by atoms with van der Waals surface area (Å²) < 4.78 is 0. The van der Waals surface area contributed by atoms with Gasteiger partial charge in [-0.2, -0.15) is 0 Å². The number of carbonyl (C=O) groups excluding carboxylic acids is 1. The summed E-state index contributed by atoms with van der Waals surface area (Å²) in [5.74, 6) is 0. The van der Waals surface area contributed by atoms with Crippen LogP contribution in [-0.2, 0) is 6.54 Å². The third-order valence-electron chi connectivity index (χ3n) is 4.06. The fourth-order valence-electron chi connectivity index (χ4n) is 2.88. The zero-order valence-corrected chi connectivity index (χ0v) is 15.0. The molecule has 0 fully saturated rings. The molecule has 127 valence electrons. The minimum Gasteiger partial charge on any atom is -0.397 e. The van der Waals surface area contributed by atoms with Crippen LogP contribution in [0.2, 0.25) is 6.82 Å². The lowest BCUT2D eigenvalue weighted by molar-refractivity contribution is 0.112. The second kappa shape index (κ2) is 8.93. The van der Waals surface area contributed by atoms with E-state index >= 15 is 0 Å². The average Bonchev–Trinajstić information content (AvgIpc) is 2.68.